The molecular formula is C16H22N2O4S. The zero-order valence-electron chi connectivity index (χ0n) is 13.0. The van der Waals surface area contributed by atoms with Crippen LogP contribution in [0.3, 0.4) is 0 Å². The van der Waals surface area contributed by atoms with E-state index in [-0.39, 0.29) is 35.8 Å². The van der Waals surface area contributed by atoms with E-state index in [0.717, 1.165) is 32.1 Å². The Morgan fingerprint density at radius 2 is 1.96 bits per heavy atom. The zero-order valence-corrected chi connectivity index (χ0v) is 13.8. The molecule has 1 amide bonds. The van der Waals surface area contributed by atoms with Gasteiger partial charge in [-0.15, -0.1) is 0 Å². The molecule has 0 radical (unpaired) electrons. The third-order valence-electron chi connectivity index (χ3n) is 4.90. The third kappa shape index (κ3) is 3.41. The van der Waals surface area contributed by atoms with Crippen LogP contribution in [0.25, 0.3) is 0 Å². The highest BCUT2D eigenvalue weighted by Gasteiger charge is 2.33. The van der Waals surface area contributed by atoms with Crippen LogP contribution in [0.1, 0.15) is 37.7 Å². The monoisotopic (exact) mass is 338 g/mol. The molecule has 1 fully saturated rings. The van der Waals surface area contributed by atoms with Crippen molar-refractivity contribution in [1.82, 2.24) is 4.72 Å². The number of aliphatic hydroxyl groups is 1. The van der Waals surface area contributed by atoms with Crippen LogP contribution in [-0.2, 0) is 21.2 Å². The number of benzene rings is 1. The van der Waals surface area contributed by atoms with Crippen LogP contribution in [-0.4, -0.2) is 32.6 Å². The summed E-state index contributed by atoms with van der Waals surface area (Å²) in [5.74, 6) is -0.121. The fourth-order valence-corrected chi connectivity index (χ4v) is 4.60. The van der Waals surface area contributed by atoms with Crippen LogP contribution in [0.15, 0.2) is 23.1 Å². The molecule has 0 unspecified atom stereocenters. The maximum absolute atomic E-state index is 12.5. The molecule has 3 rings (SSSR count). The molecule has 0 bridgehead atoms. The molecule has 3 N–H and O–H groups in total. The summed E-state index contributed by atoms with van der Waals surface area (Å²) in [5.41, 5.74) is 1.03. The van der Waals surface area contributed by atoms with Crippen molar-refractivity contribution < 1.29 is 18.3 Å². The van der Waals surface area contributed by atoms with Gasteiger partial charge in [-0.1, -0.05) is 19.3 Å². The SMILES string of the molecule is O=C1Cc2cc(S(=O)(=O)NCC3(CO)CCCCC3)ccc2N1. The molecule has 1 saturated carbocycles. The van der Waals surface area contributed by atoms with E-state index in [9.17, 15) is 18.3 Å². The first kappa shape index (κ1) is 16.4. The molecule has 23 heavy (non-hydrogen) atoms. The van der Waals surface area contributed by atoms with Crippen molar-refractivity contribution in [2.45, 2.75) is 43.4 Å². The number of sulfonamides is 1. The van der Waals surface area contributed by atoms with Gasteiger partial charge in [-0.3, -0.25) is 4.79 Å². The Kier molecular flexibility index (Phi) is 4.44. The molecule has 2 aliphatic rings. The van der Waals surface area contributed by atoms with Crippen LogP contribution in [0.5, 0.6) is 0 Å². The van der Waals surface area contributed by atoms with E-state index in [4.69, 9.17) is 0 Å². The van der Waals surface area contributed by atoms with E-state index in [2.05, 4.69) is 10.0 Å². The van der Waals surface area contributed by atoms with Crippen molar-refractivity contribution in [2.75, 3.05) is 18.5 Å². The lowest BCUT2D eigenvalue weighted by Gasteiger charge is -2.35. The standard InChI is InChI=1S/C16H22N2O4S/c19-11-16(6-2-1-3-7-16)10-17-23(21,22)13-4-5-14-12(8-13)9-15(20)18-14/h4-5,8,17,19H,1-3,6-7,9-11H2,(H,18,20). The number of fused-ring (bicyclic) bond motifs is 1. The molecule has 7 heteroatoms. The lowest BCUT2D eigenvalue weighted by atomic mass is 9.75. The Bertz CT molecular complexity index is 709. The molecule has 1 aromatic carbocycles. The highest BCUT2D eigenvalue weighted by molar-refractivity contribution is 7.89. The van der Waals surface area contributed by atoms with Gasteiger partial charge in [0.25, 0.3) is 0 Å². The Hall–Kier alpha value is -1.44. The number of carbonyl (C=O) groups is 1. The van der Waals surface area contributed by atoms with Crippen molar-refractivity contribution in [1.29, 1.82) is 0 Å². The lowest BCUT2D eigenvalue weighted by molar-refractivity contribution is -0.115. The Balaban J connectivity index is 1.74. The topological polar surface area (TPSA) is 95.5 Å². The van der Waals surface area contributed by atoms with Gasteiger partial charge in [-0.2, -0.15) is 0 Å². The van der Waals surface area contributed by atoms with E-state index in [1.54, 1.807) is 12.1 Å². The number of nitrogens with one attached hydrogen (secondary N) is 2. The Morgan fingerprint density at radius 3 is 2.65 bits per heavy atom. The van der Waals surface area contributed by atoms with Gasteiger partial charge in [0.2, 0.25) is 15.9 Å². The van der Waals surface area contributed by atoms with Gasteiger partial charge >= 0.3 is 0 Å². The molecule has 0 saturated heterocycles. The van der Waals surface area contributed by atoms with Gasteiger partial charge in [0.1, 0.15) is 0 Å². The van der Waals surface area contributed by atoms with E-state index in [1.807, 2.05) is 0 Å². The van der Waals surface area contributed by atoms with Crippen LogP contribution >= 0.6 is 0 Å². The van der Waals surface area contributed by atoms with Crippen LogP contribution in [0.2, 0.25) is 0 Å². The van der Waals surface area contributed by atoms with E-state index in [0.29, 0.717) is 11.3 Å². The molecular weight excluding hydrogens is 316 g/mol. The van der Waals surface area contributed by atoms with E-state index < -0.39 is 10.0 Å². The van der Waals surface area contributed by atoms with Crippen LogP contribution in [0.4, 0.5) is 5.69 Å². The number of rotatable bonds is 5. The van der Waals surface area contributed by atoms with Crippen molar-refractivity contribution in [3.63, 3.8) is 0 Å². The molecule has 1 heterocycles. The average Bonchev–Trinajstić information content (AvgIpc) is 2.93. The van der Waals surface area contributed by atoms with Gasteiger partial charge < -0.3 is 10.4 Å². The fraction of sp³-hybridized carbons (Fsp3) is 0.562. The van der Waals surface area contributed by atoms with Gasteiger partial charge in [0.15, 0.2) is 0 Å². The average molecular weight is 338 g/mol. The lowest BCUT2D eigenvalue weighted by Crippen LogP contribution is -2.41. The summed E-state index contributed by atoms with van der Waals surface area (Å²) in [5, 5.41) is 12.4. The van der Waals surface area contributed by atoms with Gasteiger partial charge in [-0.25, -0.2) is 13.1 Å². The van der Waals surface area contributed by atoms with Crippen molar-refractivity contribution in [2.24, 2.45) is 5.41 Å². The maximum Gasteiger partial charge on any atom is 0.240 e. The second kappa shape index (κ2) is 6.22. The second-order valence-corrected chi connectivity index (χ2v) is 8.35. The summed E-state index contributed by atoms with van der Waals surface area (Å²) in [6.45, 7) is 0.248. The summed E-state index contributed by atoms with van der Waals surface area (Å²) in [4.78, 5) is 11.5. The molecule has 0 aromatic heterocycles. The Morgan fingerprint density at radius 1 is 1.22 bits per heavy atom. The molecule has 1 aliphatic heterocycles. The molecule has 0 spiro atoms. The summed E-state index contributed by atoms with van der Waals surface area (Å²) in [7, 11) is -3.65. The van der Waals surface area contributed by atoms with Crippen molar-refractivity contribution in [3.05, 3.63) is 23.8 Å². The van der Waals surface area contributed by atoms with Gasteiger partial charge in [0.05, 0.1) is 11.3 Å². The number of aliphatic hydroxyl groups excluding tert-OH is 1. The van der Waals surface area contributed by atoms with Gasteiger partial charge in [0, 0.05) is 24.3 Å². The number of carbonyl (C=O) groups excluding carboxylic acids is 1. The number of anilines is 1. The maximum atomic E-state index is 12.5. The van der Waals surface area contributed by atoms with Crippen molar-refractivity contribution >= 4 is 21.6 Å². The Labute approximate surface area is 136 Å². The molecule has 1 aliphatic carbocycles. The largest absolute Gasteiger partial charge is 0.396 e. The quantitative estimate of drug-likeness (QED) is 0.756. The normalized spacial score (nSPS) is 20.1. The first-order chi connectivity index (χ1) is 10.9. The molecule has 126 valence electrons. The predicted octanol–water partition coefficient (Wildman–Crippen LogP) is 1.40. The van der Waals surface area contributed by atoms with Crippen LogP contribution in [0, 0.1) is 5.41 Å². The number of hydrogen-bond acceptors (Lipinski definition) is 4. The summed E-state index contributed by atoms with van der Waals surface area (Å²) < 4.78 is 27.7. The predicted molar refractivity (Wildman–Crippen MR) is 86.6 cm³/mol. The molecule has 0 atom stereocenters. The highest BCUT2D eigenvalue weighted by Crippen LogP contribution is 2.35. The van der Waals surface area contributed by atoms with Gasteiger partial charge in [-0.05, 0) is 36.6 Å². The second-order valence-electron chi connectivity index (χ2n) is 6.59. The first-order valence-electron chi connectivity index (χ1n) is 7.97. The minimum atomic E-state index is -3.65. The summed E-state index contributed by atoms with van der Waals surface area (Å²) in [6.07, 6.45) is 5.08. The fourth-order valence-electron chi connectivity index (χ4n) is 3.40. The minimum absolute atomic E-state index is 0.00186. The smallest absolute Gasteiger partial charge is 0.240 e. The molecule has 6 nitrogen and oxygen atoms in total. The number of hydrogen-bond donors (Lipinski definition) is 3. The highest BCUT2D eigenvalue weighted by atomic mass is 32.2. The third-order valence-corrected chi connectivity index (χ3v) is 6.30. The van der Waals surface area contributed by atoms with Crippen molar-refractivity contribution in [3.8, 4) is 0 Å². The minimum Gasteiger partial charge on any atom is -0.396 e. The number of amides is 1. The van der Waals surface area contributed by atoms with E-state index in [1.165, 1.54) is 6.07 Å². The summed E-state index contributed by atoms with van der Waals surface area (Å²) >= 11 is 0. The zero-order chi connectivity index (χ0) is 16.5. The summed E-state index contributed by atoms with van der Waals surface area (Å²) in [6, 6.07) is 4.67. The van der Waals surface area contributed by atoms with E-state index >= 15 is 0 Å². The molecule has 1 aromatic rings. The van der Waals surface area contributed by atoms with Crippen LogP contribution < -0.4 is 10.0 Å². The first-order valence-corrected chi connectivity index (χ1v) is 9.46.